The molecule has 1 aliphatic heterocycles. The van der Waals surface area contributed by atoms with E-state index in [2.05, 4.69) is 15.4 Å². The Morgan fingerprint density at radius 2 is 2.11 bits per heavy atom. The molecular weight excluding hydrogens is 237 g/mol. The van der Waals surface area contributed by atoms with Gasteiger partial charge in [0.1, 0.15) is 5.82 Å². The van der Waals surface area contributed by atoms with E-state index >= 15 is 0 Å². The molecule has 92 valence electrons. The van der Waals surface area contributed by atoms with Crippen LogP contribution < -0.4 is 11.1 Å². The fourth-order valence-electron chi connectivity index (χ4n) is 1.96. The summed E-state index contributed by atoms with van der Waals surface area (Å²) in [7, 11) is 0. The number of hydrogen-bond donors (Lipinski definition) is 2. The second kappa shape index (κ2) is 3.80. The molecule has 6 nitrogen and oxygen atoms in total. The lowest BCUT2D eigenvalue weighted by molar-refractivity contribution is 0.0872. The summed E-state index contributed by atoms with van der Waals surface area (Å²) in [5.41, 5.74) is 6.26. The third-order valence-electron chi connectivity index (χ3n) is 2.81. The van der Waals surface area contributed by atoms with Crippen LogP contribution in [0.3, 0.4) is 0 Å². The van der Waals surface area contributed by atoms with E-state index in [1.165, 1.54) is 12.1 Å². The van der Waals surface area contributed by atoms with Crippen LogP contribution in [0.15, 0.2) is 24.3 Å². The number of rotatable bonds is 1. The summed E-state index contributed by atoms with van der Waals surface area (Å²) in [6.07, 6.45) is 0.224. The molecule has 0 aliphatic carbocycles. The van der Waals surface area contributed by atoms with Crippen molar-refractivity contribution in [3.8, 4) is 0 Å². The van der Waals surface area contributed by atoms with E-state index in [-0.39, 0.29) is 30.1 Å². The van der Waals surface area contributed by atoms with E-state index in [9.17, 15) is 9.18 Å². The van der Waals surface area contributed by atoms with Gasteiger partial charge in [-0.3, -0.25) is 4.79 Å². The summed E-state index contributed by atoms with van der Waals surface area (Å²) in [5, 5.41) is 6.84. The van der Waals surface area contributed by atoms with Crippen LogP contribution in [0.1, 0.15) is 22.8 Å². The number of hydrogen-bond acceptors (Lipinski definition) is 5. The van der Waals surface area contributed by atoms with E-state index in [0.29, 0.717) is 5.95 Å². The van der Waals surface area contributed by atoms with Gasteiger partial charge in [-0.2, -0.15) is 9.67 Å². The Bertz CT molecular complexity index is 606. The van der Waals surface area contributed by atoms with Gasteiger partial charge >= 0.3 is 0 Å². The third-order valence-corrected chi connectivity index (χ3v) is 2.81. The van der Waals surface area contributed by atoms with Crippen LogP contribution in [0.2, 0.25) is 0 Å². The van der Waals surface area contributed by atoms with Crippen molar-refractivity contribution < 1.29 is 9.18 Å². The molecule has 0 bridgehead atoms. The molecule has 0 amide bonds. The molecule has 1 aromatic heterocycles. The van der Waals surface area contributed by atoms with Crippen molar-refractivity contribution in [3.63, 3.8) is 0 Å². The number of nitrogens with two attached hydrogens (primary N) is 1. The highest BCUT2D eigenvalue weighted by Gasteiger charge is 2.27. The molecule has 1 aliphatic rings. The highest BCUT2D eigenvalue weighted by Crippen LogP contribution is 2.27. The summed E-state index contributed by atoms with van der Waals surface area (Å²) >= 11 is 0. The van der Waals surface area contributed by atoms with Crippen molar-refractivity contribution in [2.75, 3.05) is 11.1 Å². The Kier molecular flexibility index (Phi) is 2.26. The van der Waals surface area contributed by atoms with Crippen LogP contribution in [-0.4, -0.2) is 20.7 Å². The van der Waals surface area contributed by atoms with Crippen LogP contribution >= 0.6 is 0 Å². The highest BCUT2D eigenvalue weighted by atomic mass is 19.1. The second-order valence-electron chi connectivity index (χ2n) is 4.05. The number of carbonyl (C=O) groups is 1. The van der Waals surface area contributed by atoms with Crippen LogP contribution in [0, 0.1) is 5.82 Å². The molecule has 1 atom stereocenters. The first-order valence-corrected chi connectivity index (χ1v) is 5.41. The van der Waals surface area contributed by atoms with Gasteiger partial charge in [0.2, 0.25) is 11.9 Å². The molecule has 0 saturated carbocycles. The Morgan fingerprint density at radius 3 is 2.83 bits per heavy atom. The predicted molar refractivity (Wildman–Crippen MR) is 62.4 cm³/mol. The minimum absolute atomic E-state index is 0.0469. The smallest absolute Gasteiger partial charge is 0.252 e. The quantitative estimate of drug-likeness (QED) is 0.790. The van der Waals surface area contributed by atoms with Gasteiger partial charge in [-0.15, -0.1) is 5.10 Å². The van der Waals surface area contributed by atoms with Gasteiger partial charge < -0.3 is 11.1 Å². The summed E-state index contributed by atoms with van der Waals surface area (Å²) in [6, 6.07) is 5.74. The lowest BCUT2D eigenvalue weighted by Gasteiger charge is -2.23. The van der Waals surface area contributed by atoms with Crippen molar-refractivity contribution >= 4 is 17.8 Å². The molecule has 0 radical (unpaired) electrons. The number of aromatic nitrogens is 3. The number of anilines is 2. The van der Waals surface area contributed by atoms with Crippen molar-refractivity contribution in [3.05, 3.63) is 35.6 Å². The molecule has 1 aromatic carbocycles. The van der Waals surface area contributed by atoms with Crippen LogP contribution in [-0.2, 0) is 0 Å². The molecule has 3 rings (SSSR count). The monoisotopic (exact) mass is 247 g/mol. The average Bonchev–Trinajstić information content (AvgIpc) is 2.71. The average molecular weight is 247 g/mol. The normalized spacial score (nSPS) is 18.3. The zero-order valence-electron chi connectivity index (χ0n) is 9.30. The van der Waals surface area contributed by atoms with Crippen molar-refractivity contribution in [1.29, 1.82) is 0 Å². The van der Waals surface area contributed by atoms with Gasteiger partial charge in [0.15, 0.2) is 0 Å². The fraction of sp³-hybridized carbons (Fsp3) is 0.182. The highest BCUT2D eigenvalue weighted by molar-refractivity contribution is 5.84. The summed E-state index contributed by atoms with van der Waals surface area (Å²) in [6.45, 7) is 0. The largest absolute Gasteiger partial charge is 0.366 e. The van der Waals surface area contributed by atoms with Gasteiger partial charge in [-0.05, 0) is 17.7 Å². The number of carbonyl (C=O) groups excluding carboxylic acids is 1. The SMILES string of the molecule is Nc1nc2n(n1)C(=O)CC(c1ccc(F)cc1)N2. The summed E-state index contributed by atoms with van der Waals surface area (Å²) < 4.78 is 14.0. The first-order valence-electron chi connectivity index (χ1n) is 5.41. The Balaban J connectivity index is 1.94. The number of halogens is 1. The van der Waals surface area contributed by atoms with Gasteiger partial charge in [0, 0.05) is 0 Å². The number of nitrogens with one attached hydrogen (secondary N) is 1. The summed E-state index contributed by atoms with van der Waals surface area (Å²) in [5.74, 6) is -0.140. The van der Waals surface area contributed by atoms with E-state index in [4.69, 9.17) is 5.73 Å². The lowest BCUT2D eigenvalue weighted by atomic mass is 10.0. The van der Waals surface area contributed by atoms with Crippen LogP contribution in [0.5, 0.6) is 0 Å². The fourth-order valence-corrected chi connectivity index (χ4v) is 1.96. The first kappa shape index (κ1) is 10.7. The number of benzene rings is 1. The summed E-state index contributed by atoms with van der Waals surface area (Å²) in [4.78, 5) is 15.8. The molecule has 0 spiro atoms. The van der Waals surface area contributed by atoms with E-state index in [1.807, 2.05) is 0 Å². The molecule has 2 aromatic rings. The number of nitrogens with zero attached hydrogens (tertiary/aromatic N) is 3. The van der Waals surface area contributed by atoms with Crippen molar-refractivity contribution in [2.24, 2.45) is 0 Å². The van der Waals surface area contributed by atoms with Crippen molar-refractivity contribution in [2.45, 2.75) is 12.5 Å². The van der Waals surface area contributed by atoms with Crippen LogP contribution in [0.4, 0.5) is 16.3 Å². The van der Waals surface area contributed by atoms with Gasteiger partial charge in [0.05, 0.1) is 12.5 Å². The first-order chi connectivity index (χ1) is 8.63. The van der Waals surface area contributed by atoms with Crippen LogP contribution in [0.25, 0.3) is 0 Å². The molecule has 1 unspecified atom stereocenters. The van der Waals surface area contributed by atoms with E-state index in [0.717, 1.165) is 10.2 Å². The molecule has 2 heterocycles. The molecule has 18 heavy (non-hydrogen) atoms. The molecule has 0 saturated heterocycles. The lowest BCUT2D eigenvalue weighted by Crippen LogP contribution is -2.28. The Labute approximate surface area is 102 Å². The Morgan fingerprint density at radius 1 is 1.39 bits per heavy atom. The van der Waals surface area contributed by atoms with Gasteiger partial charge in [0.25, 0.3) is 5.91 Å². The maximum absolute atomic E-state index is 12.8. The third kappa shape index (κ3) is 1.69. The number of nitrogen functional groups attached to an aromatic ring is 1. The zero-order chi connectivity index (χ0) is 12.7. The minimum Gasteiger partial charge on any atom is -0.366 e. The minimum atomic E-state index is -0.312. The topological polar surface area (TPSA) is 85.8 Å². The predicted octanol–water partition coefficient (Wildman–Crippen LogP) is 1.20. The second-order valence-corrected chi connectivity index (χ2v) is 4.05. The molecule has 3 N–H and O–H groups in total. The maximum Gasteiger partial charge on any atom is 0.252 e. The molecule has 7 heteroatoms. The van der Waals surface area contributed by atoms with E-state index < -0.39 is 0 Å². The van der Waals surface area contributed by atoms with Crippen molar-refractivity contribution in [1.82, 2.24) is 14.8 Å². The number of fused-ring (bicyclic) bond motifs is 1. The van der Waals surface area contributed by atoms with E-state index in [1.54, 1.807) is 12.1 Å². The van der Waals surface area contributed by atoms with Gasteiger partial charge in [-0.25, -0.2) is 4.39 Å². The Hall–Kier alpha value is -2.44. The molecule has 0 fully saturated rings. The van der Waals surface area contributed by atoms with Gasteiger partial charge in [-0.1, -0.05) is 12.1 Å². The standard InChI is InChI=1S/C11H10FN5O/c12-7-3-1-6(2-4-7)8-5-9(18)17-11(14-8)15-10(13)16-17/h1-4,8H,5H2,(H3,13,14,15,16). The molecular formula is C11H10FN5O. The maximum atomic E-state index is 12.8. The zero-order valence-corrected chi connectivity index (χ0v) is 9.30.